The van der Waals surface area contributed by atoms with Crippen LogP contribution in [-0.2, 0) is 16.1 Å². The fourth-order valence-electron chi connectivity index (χ4n) is 3.02. The van der Waals surface area contributed by atoms with Crippen molar-refractivity contribution in [2.24, 2.45) is 11.8 Å². The third-order valence-corrected chi connectivity index (χ3v) is 4.12. The lowest BCUT2D eigenvalue weighted by Crippen LogP contribution is -2.43. The van der Waals surface area contributed by atoms with E-state index in [2.05, 4.69) is 0 Å². The van der Waals surface area contributed by atoms with Crippen molar-refractivity contribution in [3.63, 3.8) is 0 Å². The summed E-state index contributed by atoms with van der Waals surface area (Å²) < 4.78 is 0. The number of hydrogen-bond acceptors (Lipinski definition) is 4. The molecule has 3 unspecified atom stereocenters. The smallest absolute Gasteiger partial charge is 0.427 e. The van der Waals surface area contributed by atoms with Gasteiger partial charge in [-0.25, -0.2) is 0 Å². The number of carbonyl (C=O) groups is 2. The molecule has 0 spiro atoms. The van der Waals surface area contributed by atoms with Gasteiger partial charge < -0.3 is 10.0 Å². The fraction of sp³-hybridized carbons (Fsp3) is 0.385. The highest BCUT2D eigenvalue weighted by molar-refractivity contribution is 6.45. The van der Waals surface area contributed by atoms with Gasteiger partial charge in [-0.05, 0) is 12.0 Å². The van der Waals surface area contributed by atoms with Gasteiger partial charge in [-0.2, -0.15) is 0 Å². The standard InChI is InChI=1S/C13H14BNO4/c16-12-9-6-10(14(18)19)11(9)13(17)15(12)7-8-4-2-1-3-5-8/h1-5,9-11,18-19H,6-7H2. The Morgan fingerprint density at radius 3 is 2.47 bits per heavy atom. The summed E-state index contributed by atoms with van der Waals surface area (Å²) in [7, 11) is -1.52. The molecule has 1 saturated carbocycles. The monoisotopic (exact) mass is 259 g/mol. The van der Waals surface area contributed by atoms with Crippen molar-refractivity contribution in [1.29, 1.82) is 0 Å². The molecule has 1 heterocycles. The summed E-state index contributed by atoms with van der Waals surface area (Å²) in [6, 6.07) is 9.31. The second-order valence-corrected chi connectivity index (χ2v) is 5.19. The van der Waals surface area contributed by atoms with Gasteiger partial charge in [0.1, 0.15) is 0 Å². The predicted octanol–water partition coefficient (Wildman–Crippen LogP) is 0.0345. The van der Waals surface area contributed by atoms with Gasteiger partial charge in [0.2, 0.25) is 11.8 Å². The highest BCUT2D eigenvalue weighted by atomic mass is 16.4. The Bertz CT molecular complexity index is 519. The second kappa shape index (κ2) is 4.47. The van der Waals surface area contributed by atoms with Crippen LogP contribution in [0.3, 0.4) is 0 Å². The fourth-order valence-corrected chi connectivity index (χ4v) is 3.02. The Balaban J connectivity index is 1.78. The quantitative estimate of drug-likeness (QED) is 0.593. The Kier molecular flexibility index (Phi) is 2.91. The number of amides is 2. The highest BCUT2D eigenvalue weighted by Gasteiger charge is 2.61. The summed E-state index contributed by atoms with van der Waals surface area (Å²) in [5, 5.41) is 18.3. The third kappa shape index (κ3) is 1.88. The summed E-state index contributed by atoms with van der Waals surface area (Å²) in [4.78, 5) is 25.5. The average Bonchev–Trinajstić information content (AvgIpc) is 2.50. The zero-order chi connectivity index (χ0) is 13.6. The van der Waals surface area contributed by atoms with E-state index in [-0.39, 0.29) is 24.3 Å². The van der Waals surface area contributed by atoms with Crippen molar-refractivity contribution >= 4 is 18.9 Å². The van der Waals surface area contributed by atoms with Gasteiger partial charge in [0, 0.05) is 11.7 Å². The lowest BCUT2D eigenvalue weighted by atomic mass is 9.51. The van der Waals surface area contributed by atoms with Gasteiger partial charge >= 0.3 is 7.12 Å². The van der Waals surface area contributed by atoms with Crippen LogP contribution < -0.4 is 0 Å². The molecular formula is C13H14BNO4. The minimum atomic E-state index is -1.52. The number of imide groups is 1. The summed E-state index contributed by atoms with van der Waals surface area (Å²) in [5.41, 5.74) is 0.895. The molecule has 19 heavy (non-hydrogen) atoms. The Morgan fingerprint density at radius 1 is 1.16 bits per heavy atom. The van der Waals surface area contributed by atoms with Crippen molar-refractivity contribution in [2.75, 3.05) is 0 Å². The van der Waals surface area contributed by atoms with E-state index >= 15 is 0 Å². The van der Waals surface area contributed by atoms with E-state index in [0.29, 0.717) is 6.42 Å². The Labute approximate surface area is 111 Å². The van der Waals surface area contributed by atoms with E-state index in [1.807, 2.05) is 30.3 Å². The zero-order valence-corrected chi connectivity index (χ0v) is 10.3. The molecule has 2 fully saturated rings. The number of nitrogens with zero attached hydrogens (tertiary/aromatic N) is 1. The first-order chi connectivity index (χ1) is 9.09. The number of rotatable bonds is 3. The summed E-state index contributed by atoms with van der Waals surface area (Å²) in [5.74, 6) is -1.86. The molecule has 0 radical (unpaired) electrons. The molecule has 2 N–H and O–H groups in total. The summed E-state index contributed by atoms with van der Waals surface area (Å²) in [6.45, 7) is 0.264. The number of carbonyl (C=O) groups excluding carboxylic acids is 2. The predicted molar refractivity (Wildman–Crippen MR) is 67.5 cm³/mol. The van der Waals surface area contributed by atoms with Gasteiger partial charge in [-0.3, -0.25) is 14.5 Å². The molecule has 2 aliphatic rings. The topological polar surface area (TPSA) is 77.8 Å². The first-order valence-electron chi connectivity index (χ1n) is 6.35. The molecule has 1 saturated heterocycles. The van der Waals surface area contributed by atoms with Crippen LogP contribution >= 0.6 is 0 Å². The van der Waals surface area contributed by atoms with Crippen LogP contribution in [0.2, 0.25) is 5.82 Å². The van der Waals surface area contributed by atoms with Crippen LogP contribution in [0.4, 0.5) is 0 Å². The van der Waals surface area contributed by atoms with Crippen LogP contribution in [-0.4, -0.2) is 33.9 Å². The molecule has 1 aromatic rings. The van der Waals surface area contributed by atoms with Crippen molar-refractivity contribution in [3.05, 3.63) is 35.9 Å². The molecule has 5 nitrogen and oxygen atoms in total. The minimum Gasteiger partial charge on any atom is -0.427 e. The first kappa shape index (κ1) is 12.4. The maximum atomic E-state index is 12.2. The van der Waals surface area contributed by atoms with Gasteiger partial charge in [0.25, 0.3) is 0 Å². The Hall–Kier alpha value is -1.66. The summed E-state index contributed by atoms with van der Waals surface area (Å²) in [6.07, 6.45) is 0.387. The second-order valence-electron chi connectivity index (χ2n) is 5.19. The molecule has 2 amide bonds. The maximum absolute atomic E-state index is 12.2. The zero-order valence-electron chi connectivity index (χ0n) is 10.3. The minimum absolute atomic E-state index is 0.184. The lowest BCUT2D eigenvalue weighted by molar-refractivity contribution is -0.140. The van der Waals surface area contributed by atoms with Gasteiger partial charge in [0.05, 0.1) is 12.5 Å². The van der Waals surface area contributed by atoms with E-state index in [1.165, 1.54) is 4.90 Å². The normalized spacial score (nSPS) is 29.2. The van der Waals surface area contributed by atoms with Crippen LogP contribution in [0.5, 0.6) is 0 Å². The molecule has 0 bridgehead atoms. The molecule has 0 aromatic heterocycles. The number of benzene rings is 1. The van der Waals surface area contributed by atoms with Crippen LogP contribution in [0.1, 0.15) is 12.0 Å². The van der Waals surface area contributed by atoms with Crippen LogP contribution in [0.25, 0.3) is 0 Å². The van der Waals surface area contributed by atoms with Crippen LogP contribution in [0, 0.1) is 11.8 Å². The lowest BCUT2D eigenvalue weighted by Gasteiger charge is -2.35. The maximum Gasteiger partial charge on any atom is 0.455 e. The molecule has 1 aliphatic carbocycles. The number of hydrogen-bond donors (Lipinski definition) is 2. The molecule has 6 heteroatoms. The molecule has 1 aliphatic heterocycles. The first-order valence-corrected chi connectivity index (χ1v) is 6.35. The number of fused-ring (bicyclic) bond motifs is 1. The van der Waals surface area contributed by atoms with Crippen molar-refractivity contribution < 1.29 is 19.6 Å². The largest absolute Gasteiger partial charge is 0.455 e. The molecule has 3 atom stereocenters. The summed E-state index contributed by atoms with van der Waals surface area (Å²) >= 11 is 0. The van der Waals surface area contributed by atoms with Gasteiger partial charge in [-0.1, -0.05) is 30.3 Å². The van der Waals surface area contributed by atoms with E-state index < -0.39 is 18.9 Å². The van der Waals surface area contributed by atoms with E-state index in [1.54, 1.807) is 0 Å². The highest BCUT2D eigenvalue weighted by Crippen LogP contribution is 2.51. The SMILES string of the molecule is O=C1C2CC(B(O)O)C2C(=O)N1Cc1ccccc1. The third-order valence-electron chi connectivity index (χ3n) is 4.12. The van der Waals surface area contributed by atoms with E-state index in [4.69, 9.17) is 0 Å². The number of likely N-dealkylation sites (tertiary alicyclic amines) is 1. The van der Waals surface area contributed by atoms with Gasteiger partial charge in [-0.15, -0.1) is 0 Å². The molecular weight excluding hydrogens is 245 g/mol. The van der Waals surface area contributed by atoms with E-state index in [9.17, 15) is 19.6 Å². The molecule has 3 rings (SSSR count). The Morgan fingerprint density at radius 2 is 1.84 bits per heavy atom. The molecule has 1 aromatic carbocycles. The molecule has 98 valence electrons. The van der Waals surface area contributed by atoms with Crippen molar-refractivity contribution in [3.8, 4) is 0 Å². The van der Waals surface area contributed by atoms with Gasteiger partial charge in [0.15, 0.2) is 0 Å². The van der Waals surface area contributed by atoms with Crippen molar-refractivity contribution in [2.45, 2.75) is 18.8 Å². The van der Waals surface area contributed by atoms with Crippen LogP contribution in [0.15, 0.2) is 30.3 Å². The van der Waals surface area contributed by atoms with Crippen molar-refractivity contribution in [1.82, 2.24) is 4.90 Å². The van der Waals surface area contributed by atoms with E-state index in [0.717, 1.165) is 5.56 Å². The average molecular weight is 259 g/mol.